The fraction of sp³-hybridized carbons (Fsp3) is 0.458. The lowest BCUT2D eigenvalue weighted by Gasteiger charge is -2.29. The summed E-state index contributed by atoms with van der Waals surface area (Å²) < 4.78 is 2.25. The van der Waals surface area contributed by atoms with E-state index in [9.17, 15) is 0 Å². The summed E-state index contributed by atoms with van der Waals surface area (Å²) in [5.74, 6) is 1.86. The zero-order valence-electron chi connectivity index (χ0n) is 18.8. The third-order valence-electron chi connectivity index (χ3n) is 5.51. The monoisotopic (exact) mass is 421 g/mol. The summed E-state index contributed by atoms with van der Waals surface area (Å²) in [6, 6.07) is 11.1. The first-order valence-electron chi connectivity index (χ1n) is 10.4. The van der Waals surface area contributed by atoms with E-state index in [1.165, 1.54) is 16.7 Å². The standard InChI is InChI=1S/C24H31N5S/c1-23(2,3)19-11-18(12-20(13-19)24(4,5)6)21-26-27-22-29(21)15-28(16-30-22)14-17-7-9-25-10-8-17/h7-13H,14-16H2,1-6H3. The third kappa shape index (κ3) is 4.44. The second-order valence-electron chi connectivity index (χ2n) is 10.1. The quantitative estimate of drug-likeness (QED) is 0.562. The molecule has 5 nitrogen and oxygen atoms in total. The summed E-state index contributed by atoms with van der Waals surface area (Å²) in [6.07, 6.45) is 3.71. The molecule has 0 saturated heterocycles. The fourth-order valence-corrected chi connectivity index (χ4v) is 4.46. The Morgan fingerprint density at radius 3 is 2.13 bits per heavy atom. The molecule has 3 aromatic rings. The van der Waals surface area contributed by atoms with Gasteiger partial charge in [0.05, 0.1) is 12.5 Å². The van der Waals surface area contributed by atoms with E-state index in [0.29, 0.717) is 0 Å². The van der Waals surface area contributed by atoms with E-state index < -0.39 is 0 Å². The van der Waals surface area contributed by atoms with E-state index in [4.69, 9.17) is 0 Å². The predicted molar refractivity (Wildman–Crippen MR) is 123 cm³/mol. The molecular weight excluding hydrogens is 390 g/mol. The Morgan fingerprint density at radius 2 is 1.53 bits per heavy atom. The highest BCUT2D eigenvalue weighted by Crippen LogP contribution is 2.35. The van der Waals surface area contributed by atoms with Crippen LogP contribution in [0.15, 0.2) is 47.9 Å². The molecule has 0 saturated carbocycles. The van der Waals surface area contributed by atoms with Crippen molar-refractivity contribution in [2.75, 3.05) is 5.88 Å². The molecular formula is C24H31N5S. The molecule has 0 atom stereocenters. The molecule has 0 aliphatic carbocycles. The van der Waals surface area contributed by atoms with E-state index in [-0.39, 0.29) is 10.8 Å². The van der Waals surface area contributed by atoms with E-state index in [1.54, 1.807) is 11.8 Å². The maximum atomic E-state index is 4.61. The molecule has 6 heteroatoms. The zero-order chi connectivity index (χ0) is 21.5. The lowest BCUT2D eigenvalue weighted by molar-refractivity contribution is 0.231. The molecule has 0 N–H and O–H groups in total. The Bertz CT molecular complexity index is 996. The van der Waals surface area contributed by atoms with Crippen LogP contribution in [0.25, 0.3) is 11.4 Å². The summed E-state index contributed by atoms with van der Waals surface area (Å²) in [5.41, 5.74) is 5.23. The number of benzene rings is 1. The van der Waals surface area contributed by atoms with Gasteiger partial charge in [-0.1, -0.05) is 59.4 Å². The summed E-state index contributed by atoms with van der Waals surface area (Å²) in [7, 11) is 0. The van der Waals surface area contributed by atoms with E-state index in [1.807, 2.05) is 12.4 Å². The first-order chi connectivity index (χ1) is 14.1. The topological polar surface area (TPSA) is 46.8 Å². The first-order valence-corrected chi connectivity index (χ1v) is 11.4. The van der Waals surface area contributed by atoms with E-state index in [2.05, 4.69) is 96.5 Å². The van der Waals surface area contributed by atoms with Crippen LogP contribution in [0, 0.1) is 0 Å². The molecule has 0 radical (unpaired) electrons. The Kier molecular flexibility index (Phi) is 5.49. The molecule has 30 heavy (non-hydrogen) atoms. The molecule has 0 spiro atoms. The molecule has 1 aromatic carbocycles. The summed E-state index contributed by atoms with van der Waals surface area (Å²) in [6.45, 7) is 15.3. The second-order valence-corrected chi connectivity index (χ2v) is 11.0. The summed E-state index contributed by atoms with van der Waals surface area (Å²) in [5, 5.41) is 10.1. The van der Waals surface area contributed by atoms with Crippen molar-refractivity contribution in [3.8, 4) is 11.4 Å². The van der Waals surface area contributed by atoms with Gasteiger partial charge < -0.3 is 0 Å². The third-order valence-corrected chi connectivity index (χ3v) is 6.57. The van der Waals surface area contributed by atoms with Gasteiger partial charge in [0.2, 0.25) is 0 Å². The van der Waals surface area contributed by atoms with Crippen LogP contribution >= 0.6 is 11.8 Å². The number of thioether (sulfide) groups is 1. The van der Waals surface area contributed by atoms with Gasteiger partial charge in [0, 0.05) is 24.5 Å². The van der Waals surface area contributed by atoms with Crippen molar-refractivity contribution in [2.24, 2.45) is 0 Å². The number of aromatic nitrogens is 4. The minimum Gasteiger partial charge on any atom is -0.288 e. The lowest BCUT2D eigenvalue weighted by Crippen LogP contribution is -2.30. The van der Waals surface area contributed by atoms with Crippen molar-refractivity contribution in [3.05, 3.63) is 59.4 Å². The maximum Gasteiger partial charge on any atom is 0.193 e. The van der Waals surface area contributed by atoms with E-state index >= 15 is 0 Å². The predicted octanol–water partition coefficient (Wildman–Crippen LogP) is 5.46. The Labute approximate surface area is 183 Å². The van der Waals surface area contributed by atoms with Gasteiger partial charge in [0.1, 0.15) is 0 Å². The van der Waals surface area contributed by atoms with Crippen LogP contribution in [0.5, 0.6) is 0 Å². The molecule has 4 rings (SSSR count). The molecule has 1 aliphatic rings. The maximum absolute atomic E-state index is 4.61. The number of fused-ring (bicyclic) bond motifs is 1. The van der Waals surface area contributed by atoms with E-state index in [0.717, 1.165) is 35.6 Å². The largest absolute Gasteiger partial charge is 0.288 e. The van der Waals surface area contributed by atoms with Crippen LogP contribution in [-0.4, -0.2) is 30.5 Å². The average molecular weight is 422 g/mol. The summed E-state index contributed by atoms with van der Waals surface area (Å²) >= 11 is 1.75. The average Bonchev–Trinajstić information content (AvgIpc) is 3.10. The number of nitrogens with zero attached hydrogens (tertiary/aromatic N) is 5. The van der Waals surface area contributed by atoms with Gasteiger partial charge in [0.25, 0.3) is 0 Å². The lowest BCUT2D eigenvalue weighted by atomic mass is 9.79. The van der Waals surface area contributed by atoms with Crippen molar-refractivity contribution in [2.45, 2.75) is 70.7 Å². The molecule has 2 aromatic heterocycles. The van der Waals surface area contributed by atoms with Crippen LogP contribution in [0.1, 0.15) is 58.2 Å². The molecule has 0 fully saturated rings. The van der Waals surface area contributed by atoms with Crippen LogP contribution in [-0.2, 0) is 24.0 Å². The highest BCUT2D eigenvalue weighted by Gasteiger charge is 2.26. The normalized spacial score (nSPS) is 15.3. The van der Waals surface area contributed by atoms with Gasteiger partial charge >= 0.3 is 0 Å². The van der Waals surface area contributed by atoms with Crippen molar-refractivity contribution >= 4 is 11.8 Å². The molecule has 3 heterocycles. The van der Waals surface area contributed by atoms with Gasteiger partial charge in [-0.25, -0.2) is 0 Å². The molecule has 0 unspecified atom stereocenters. The van der Waals surface area contributed by atoms with Crippen LogP contribution in [0.4, 0.5) is 0 Å². The highest BCUT2D eigenvalue weighted by molar-refractivity contribution is 7.99. The SMILES string of the molecule is CC(C)(C)c1cc(-c2nnc3n2CN(Cc2ccncc2)CS3)cc(C(C)(C)C)c1. The van der Waals surface area contributed by atoms with Crippen molar-refractivity contribution in [1.29, 1.82) is 0 Å². The second kappa shape index (κ2) is 7.82. The smallest absolute Gasteiger partial charge is 0.193 e. The van der Waals surface area contributed by atoms with Crippen molar-refractivity contribution in [1.82, 2.24) is 24.6 Å². The minimum absolute atomic E-state index is 0.0723. The van der Waals surface area contributed by atoms with Crippen LogP contribution in [0.3, 0.4) is 0 Å². The summed E-state index contributed by atoms with van der Waals surface area (Å²) in [4.78, 5) is 6.54. The number of hydrogen-bond donors (Lipinski definition) is 0. The molecule has 0 bridgehead atoms. The first kappa shape index (κ1) is 21.1. The Morgan fingerprint density at radius 1 is 0.900 bits per heavy atom. The Balaban J connectivity index is 1.71. The van der Waals surface area contributed by atoms with Gasteiger partial charge in [0.15, 0.2) is 11.0 Å². The zero-order valence-corrected chi connectivity index (χ0v) is 19.6. The minimum atomic E-state index is 0.0723. The van der Waals surface area contributed by atoms with Gasteiger partial charge in [-0.3, -0.25) is 14.5 Å². The number of hydrogen-bond acceptors (Lipinski definition) is 5. The van der Waals surface area contributed by atoms with Crippen molar-refractivity contribution in [3.63, 3.8) is 0 Å². The fourth-order valence-electron chi connectivity index (χ4n) is 3.59. The van der Waals surface area contributed by atoms with Gasteiger partial charge in [-0.15, -0.1) is 10.2 Å². The number of rotatable bonds is 3. The Hall–Kier alpha value is -2.18. The molecule has 158 valence electrons. The van der Waals surface area contributed by atoms with Crippen LogP contribution < -0.4 is 0 Å². The molecule has 0 amide bonds. The molecule has 1 aliphatic heterocycles. The highest BCUT2D eigenvalue weighted by atomic mass is 32.2. The number of pyridine rings is 1. The van der Waals surface area contributed by atoms with Crippen LogP contribution in [0.2, 0.25) is 0 Å². The van der Waals surface area contributed by atoms with Gasteiger partial charge in [-0.05, 0) is 51.8 Å². The van der Waals surface area contributed by atoms with Crippen molar-refractivity contribution < 1.29 is 0 Å². The van der Waals surface area contributed by atoms with Gasteiger partial charge in [-0.2, -0.15) is 0 Å².